The molecule has 0 aliphatic carbocycles. The fraction of sp³-hybridized carbons (Fsp3) is 0.429. The first-order chi connectivity index (χ1) is 16.8. The second-order valence-electron chi connectivity index (χ2n) is 9.29. The van der Waals surface area contributed by atoms with Crippen LogP contribution in [0.1, 0.15) is 28.8 Å². The van der Waals surface area contributed by atoms with E-state index in [1.807, 2.05) is 41.4 Å². The number of aromatic nitrogens is 1. The van der Waals surface area contributed by atoms with Gasteiger partial charge in [0.25, 0.3) is 5.91 Å². The lowest BCUT2D eigenvalue weighted by atomic mass is 9.90. The summed E-state index contributed by atoms with van der Waals surface area (Å²) in [5, 5.41) is 1.17. The molecule has 6 heteroatoms. The highest BCUT2D eigenvalue weighted by atomic mass is 16.5. The number of rotatable bonds is 7. The topological polar surface area (TPSA) is 54.9 Å². The smallest absolute Gasteiger partial charge is 0.257 e. The molecule has 2 saturated heterocycles. The SMILES string of the molecule is O=C(c1ccccc1OCCN1CCOCC1)N1CCC[C@@H](Cc2ccc3ncccc3c2)C1. The Morgan fingerprint density at radius 2 is 1.94 bits per heavy atom. The lowest BCUT2D eigenvalue weighted by Crippen LogP contribution is -2.41. The van der Waals surface area contributed by atoms with Crippen LogP contribution in [0, 0.1) is 5.92 Å². The molecule has 3 heterocycles. The predicted molar refractivity (Wildman–Crippen MR) is 133 cm³/mol. The van der Waals surface area contributed by atoms with Crippen LogP contribution in [0.2, 0.25) is 0 Å². The molecule has 2 aromatic carbocycles. The number of carbonyl (C=O) groups is 1. The van der Waals surface area contributed by atoms with Gasteiger partial charge < -0.3 is 14.4 Å². The zero-order chi connectivity index (χ0) is 23.2. The molecule has 2 aliphatic rings. The first-order valence-electron chi connectivity index (χ1n) is 12.4. The fourth-order valence-electron chi connectivity index (χ4n) is 5.05. The van der Waals surface area contributed by atoms with Crippen molar-refractivity contribution >= 4 is 16.8 Å². The van der Waals surface area contributed by atoms with Gasteiger partial charge in [-0.1, -0.05) is 24.3 Å². The predicted octanol–water partition coefficient (Wildman–Crippen LogP) is 4.04. The Labute approximate surface area is 201 Å². The van der Waals surface area contributed by atoms with Crippen LogP contribution in [-0.2, 0) is 11.2 Å². The Hall–Kier alpha value is -2.96. The Morgan fingerprint density at radius 3 is 2.85 bits per heavy atom. The molecule has 1 amide bonds. The van der Waals surface area contributed by atoms with Crippen LogP contribution in [0.15, 0.2) is 60.8 Å². The van der Waals surface area contributed by atoms with Gasteiger partial charge >= 0.3 is 0 Å². The van der Waals surface area contributed by atoms with Gasteiger partial charge in [-0.25, -0.2) is 0 Å². The van der Waals surface area contributed by atoms with E-state index in [4.69, 9.17) is 9.47 Å². The van der Waals surface area contributed by atoms with Gasteiger partial charge in [-0.15, -0.1) is 0 Å². The summed E-state index contributed by atoms with van der Waals surface area (Å²) in [6.07, 6.45) is 4.99. The van der Waals surface area contributed by atoms with Crippen molar-refractivity contribution in [2.75, 3.05) is 52.5 Å². The van der Waals surface area contributed by atoms with Crippen molar-refractivity contribution in [1.82, 2.24) is 14.8 Å². The zero-order valence-electron chi connectivity index (χ0n) is 19.7. The monoisotopic (exact) mass is 459 g/mol. The van der Waals surface area contributed by atoms with E-state index in [2.05, 4.69) is 34.1 Å². The fourth-order valence-corrected chi connectivity index (χ4v) is 5.05. The molecule has 0 bridgehead atoms. The molecule has 0 N–H and O–H groups in total. The summed E-state index contributed by atoms with van der Waals surface area (Å²) in [4.78, 5) is 22.2. The molecule has 1 aromatic heterocycles. The zero-order valence-corrected chi connectivity index (χ0v) is 19.7. The number of hydrogen-bond acceptors (Lipinski definition) is 5. The number of amides is 1. The minimum atomic E-state index is 0.0781. The number of ether oxygens (including phenoxy) is 2. The lowest BCUT2D eigenvalue weighted by molar-refractivity contribution is 0.0321. The maximum atomic E-state index is 13.5. The molecule has 0 radical (unpaired) electrons. The van der Waals surface area contributed by atoms with Crippen molar-refractivity contribution in [1.29, 1.82) is 0 Å². The second kappa shape index (κ2) is 11.0. The summed E-state index contributed by atoms with van der Waals surface area (Å²) >= 11 is 0. The highest BCUT2D eigenvalue weighted by Gasteiger charge is 2.26. The highest BCUT2D eigenvalue weighted by molar-refractivity contribution is 5.97. The summed E-state index contributed by atoms with van der Waals surface area (Å²) < 4.78 is 11.5. The standard InChI is InChI=1S/C28H33N3O3/c32-28(25-7-1-2-8-27(25)34-18-15-30-13-16-33-17-14-30)31-12-4-5-23(21-31)19-22-9-10-26-24(20-22)6-3-11-29-26/h1-3,6-11,20,23H,4-5,12-19,21H2/t23-/m0/s1. The first-order valence-corrected chi connectivity index (χ1v) is 12.4. The highest BCUT2D eigenvalue weighted by Crippen LogP contribution is 2.26. The molecule has 0 saturated carbocycles. The third-order valence-electron chi connectivity index (χ3n) is 6.88. The van der Waals surface area contributed by atoms with Crippen LogP contribution in [-0.4, -0.2) is 73.2 Å². The third-order valence-corrected chi connectivity index (χ3v) is 6.88. The Morgan fingerprint density at radius 1 is 1.06 bits per heavy atom. The van der Waals surface area contributed by atoms with Gasteiger partial charge in [0.2, 0.25) is 0 Å². The average Bonchev–Trinajstić information content (AvgIpc) is 2.89. The molecule has 0 spiro atoms. The number of hydrogen-bond donors (Lipinski definition) is 0. The molecule has 5 rings (SSSR count). The Balaban J connectivity index is 1.21. The number of nitrogens with zero attached hydrogens (tertiary/aromatic N) is 3. The molecule has 2 fully saturated rings. The molecule has 6 nitrogen and oxygen atoms in total. The number of pyridine rings is 1. The van der Waals surface area contributed by atoms with E-state index >= 15 is 0 Å². The Bertz CT molecular complexity index is 1110. The van der Waals surface area contributed by atoms with Crippen LogP contribution >= 0.6 is 0 Å². The van der Waals surface area contributed by atoms with E-state index < -0.39 is 0 Å². The van der Waals surface area contributed by atoms with Crippen LogP contribution in [0.3, 0.4) is 0 Å². The van der Waals surface area contributed by atoms with Gasteiger partial charge in [-0.3, -0.25) is 14.7 Å². The van der Waals surface area contributed by atoms with E-state index in [1.165, 1.54) is 10.9 Å². The summed E-state index contributed by atoms with van der Waals surface area (Å²) in [6, 6.07) is 18.3. The van der Waals surface area contributed by atoms with Crippen LogP contribution < -0.4 is 4.74 Å². The average molecular weight is 460 g/mol. The lowest BCUT2D eigenvalue weighted by Gasteiger charge is -2.33. The Kier molecular flexibility index (Phi) is 7.37. The van der Waals surface area contributed by atoms with Crippen molar-refractivity contribution in [3.8, 4) is 5.75 Å². The molecule has 3 aromatic rings. The number of piperidine rings is 1. The van der Waals surface area contributed by atoms with Crippen molar-refractivity contribution in [2.45, 2.75) is 19.3 Å². The van der Waals surface area contributed by atoms with E-state index in [9.17, 15) is 4.79 Å². The van der Waals surface area contributed by atoms with Gasteiger partial charge in [0, 0.05) is 44.3 Å². The van der Waals surface area contributed by atoms with E-state index in [-0.39, 0.29) is 5.91 Å². The normalized spacial score (nSPS) is 19.3. The number of morpholine rings is 1. The van der Waals surface area contributed by atoms with E-state index in [1.54, 1.807) is 0 Å². The van der Waals surface area contributed by atoms with Gasteiger partial charge in [-0.05, 0) is 61.1 Å². The van der Waals surface area contributed by atoms with Crippen molar-refractivity contribution in [3.05, 3.63) is 71.9 Å². The summed E-state index contributed by atoms with van der Waals surface area (Å²) in [6.45, 7) is 6.44. The quantitative estimate of drug-likeness (QED) is 0.534. The summed E-state index contributed by atoms with van der Waals surface area (Å²) in [5.74, 6) is 1.22. The summed E-state index contributed by atoms with van der Waals surface area (Å²) in [5.41, 5.74) is 3.01. The van der Waals surface area contributed by atoms with Gasteiger partial charge in [0.15, 0.2) is 0 Å². The van der Waals surface area contributed by atoms with Crippen LogP contribution in [0.4, 0.5) is 0 Å². The largest absolute Gasteiger partial charge is 0.491 e. The number of benzene rings is 2. The first kappa shape index (κ1) is 22.8. The van der Waals surface area contributed by atoms with Crippen molar-refractivity contribution < 1.29 is 14.3 Å². The van der Waals surface area contributed by atoms with E-state index in [0.29, 0.717) is 23.8 Å². The summed E-state index contributed by atoms with van der Waals surface area (Å²) in [7, 11) is 0. The maximum absolute atomic E-state index is 13.5. The molecule has 2 aliphatic heterocycles. The van der Waals surface area contributed by atoms with Gasteiger partial charge in [0.1, 0.15) is 12.4 Å². The molecule has 34 heavy (non-hydrogen) atoms. The molecular weight excluding hydrogens is 426 g/mol. The molecule has 0 unspecified atom stereocenters. The van der Waals surface area contributed by atoms with Crippen molar-refractivity contribution in [2.24, 2.45) is 5.92 Å². The van der Waals surface area contributed by atoms with Gasteiger partial charge in [0.05, 0.1) is 24.3 Å². The van der Waals surface area contributed by atoms with E-state index in [0.717, 1.165) is 70.7 Å². The minimum absolute atomic E-state index is 0.0781. The van der Waals surface area contributed by atoms with Crippen LogP contribution in [0.5, 0.6) is 5.75 Å². The van der Waals surface area contributed by atoms with Gasteiger partial charge in [-0.2, -0.15) is 0 Å². The van der Waals surface area contributed by atoms with Crippen molar-refractivity contribution in [3.63, 3.8) is 0 Å². The van der Waals surface area contributed by atoms with Crippen LogP contribution in [0.25, 0.3) is 10.9 Å². The molecular formula is C28H33N3O3. The number of para-hydroxylation sites is 1. The number of fused-ring (bicyclic) bond motifs is 1. The molecule has 178 valence electrons. The minimum Gasteiger partial charge on any atom is -0.491 e. The second-order valence-corrected chi connectivity index (χ2v) is 9.29. The maximum Gasteiger partial charge on any atom is 0.257 e. The number of carbonyl (C=O) groups excluding carboxylic acids is 1. The third kappa shape index (κ3) is 5.57. The number of likely N-dealkylation sites (tertiary alicyclic amines) is 1. The molecule has 1 atom stereocenters.